The Balaban J connectivity index is 1.65. The van der Waals surface area contributed by atoms with E-state index in [1.807, 2.05) is 24.3 Å². The van der Waals surface area contributed by atoms with E-state index in [0.717, 1.165) is 22.5 Å². The number of carbonyl (C=O) groups is 1. The number of amides is 1. The first-order chi connectivity index (χ1) is 10.9. The Morgan fingerprint density at radius 1 is 1.35 bits per heavy atom. The second-order valence-corrected chi connectivity index (χ2v) is 5.19. The van der Waals surface area contributed by atoms with Crippen LogP contribution in [0.5, 0.6) is 5.75 Å². The first kappa shape index (κ1) is 15.4. The van der Waals surface area contributed by atoms with Crippen LogP contribution in [0.25, 0.3) is 0 Å². The Labute approximate surface area is 130 Å². The molecule has 2 aromatic rings. The topological polar surface area (TPSA) is 56.2 Å². The Hall–Kier alpha value is -2.51. The fourth-order valence-electron chi connectivity index (χ4n) is 2.48. The zero-order chi connectivity index (χ0) is 16.4. The van der Waals surface area contributed by atoms with Crippen LogP contribution in [0.3, 0.4) is 0 Å². The smallest absolute Gasteiger partial charge is 0.435 e. The average Bonchev–Trinajstić information content (AvgIpc) is 2.96. The molecule has 0 spiro atoms. The van der Waals surface area contributed by atoms with E-state index in [1.165, 1.54) is 0 Å². The van der Waals surface area contributed by atoms with Crippen LogP contribution in [-0.2, 0) is 17.5 Å². The third-order valence-electron chi connectivity index (χ3n) is 3.53. The molecule has 0 saturated heterocycles. The minimum atomic E-state index is -4.51. The summed E-state index contributed by atoms with van der Waals surface area (Å²) in [5.74, 6) is 0.311. The van der Waals surface area contributed by atoms with E-state index in [0.29, 0.717) is 18.8 Å². The molecule has 5 nitrogen and oxygen atoms in total. The van der Waals surface area contributed by atoms with Crippen molar-refractivity contribution < 1.29 is 22.7 Å². The van der Waals surface area contributed by atoms with Crippen molar-refractivity contribution in [2.45, 2.75) is 25.2 Å². The summed E-state index contributed by atoms with van der Waals surface area (Å²) < 4.78 is 43.9. The van der Waals surface area contributed by atoms with E-state index in [4.69, 9.17) is 4.74 Å². The minimum Gasteiger partial charge on any atom is -0.493 e. The number of alkyl halides is 3. The summed E-state index contributed by atoms with van der Waals surface area (Å²) in [6.45, 7) is 0.206. The Morgan fingerprint density at radius 2 is 2.13 bits per heavy atom. The number of fused-ring (bicyclic) bond motifs is 1. The summed E-state index contributed by atoms with van der Waals surface area (Å²) in [6.07, 6.45) is -2.77. The van der Waals surface area contributed by atoms with Gasteiger partial charge in [-0.2, -0.15) is 18.3 Å². The number of benzene rings is 1. The van der Waals surface area contributed by atoms with Gasteiger partial charge in [-0.1, -0.05) is 18.2 Å². The highest BCUT2D eigenvalue weighted by Crippen LogP contribution is 2.31. The normalized spacial score (nSPS) is 17.3. The summed E-state index contributed by atoms with van der Waals surface area (Å²) in [6, 6.07) is 7.98. The average molecular weight is 325 g/mol. The maximum absolute atomic E-state index is 12.5. The van der Waals surface area contributed by atoms with Gasteiger partial charge in [-0.15, -0.1) is 0 Å². The van der Waals surface area contributed by atoms with E-state index in [1.54, 1.807) is 0 Å². The molecule has 23 heavy (non-hydrogen) atoms. The summed E-state index contributed by atoms with van der Waals surface area (Å²) in [5.41, 5.74) is -0.148. The fraction of sp³-hybridized carbons (Fsp3) is 0.333. The van der Waals surface area contributed by atoms with Crippen molar-refractivity contribution >= 4 is 5.91 Å². The molecule has 3 rings (SSSR count). The molecule has 8 heteroatoms. The largest absolute Gasteiger partial charge is 0.493 e. The molecule has 1 atom stereocenters. The number of carbonyl (C=O) groups excluding carboxylic acids is 1. The van der Waals surface area contributed by atoms with E-state index >= 15 is 0 Å². The molecule has 122 valence electrons. The van der Waals surface area contributed by atoms with Gasteiger partial charge >= 0.3 is 6.18 Å². The standard InChI is InChI=1S/C15H14F3N3O2/c16-15(17,18)13-5-7-21(20-13)9-14(22)19-11-6-8-23-12-4-2-1-3-10(11)12/h1-5,7,11H,6,8-9H2,(H,19,22). The lowest BCUT2D eigenvalue weighted by molar-refractivity contribution is -0.141. The molecule has 2 heterocycles. The Kier molecular flexibility index (Phi) is 3.97. The molecular weight excluding hydrogens is 311 g/mol. The van der Waals surface area contributed by atoms with Gasteiger partial charge in [0.2, 0.25) is 5.91 Å². The highest BCUT2D eigenvalue weighted by molar-refractivity contribution is 5.76. The quantitative estimate of drug-likeness (QED) is 0.943. The van der Waals surface area contributed by atoms with Crippen molar-refractivity contribution in [3.8, 4) is 5.75 Å². The fourth-order valence-corrected chi connectivity index (χ4v) is 2.48. The zero-order valence-electron chi connectivity index (χ0n) is 12.0. The van der Waals surface area contributed by atoms with Gasteiger partial charge in [-0.05, 0) is 12.1 Å². The van der Waals surface area contributed by atoms with Gasteiger partial charge in [0, 0.05) is 18.2 Å². The molecule has 0 saturated carbocycles. The molecule has 1 N–H and O–H groups in total. The molecule has 0 fully saturated rings. The van der Waals surface area contributed by atoms with Crippen molar-refractivity contribution in [2.24, 2.45) is 0 Å². The highest BCUT2D eigenvalue weighted by Gasteiger charge is 2.33. The number of hydrogen-bond donors (Lipinski definition) is 1. The number of aromatic nitrogens is 2. The Morgan fingerprint density at radius 3 is 2.87 bits per heavy atom. The molecular formula is C15H14F3N3O2. The summed E-state index contributed by atoms with van der Waals surface area (Å²) in [7, 11) is 0. The van der Waals surface area contributed by atoms with E-state index in [-0.39, 0.29) is 12.6 Å². The number of nitrogens with zero attached hydrogens (tertiary/aromatic N) is 2. The Bertz CT molecular complexity index is 712. The van der Waals surface area contributed by atoms with Gasteiger partial charge in [0.25, 0.3) is 0 Å². The monoisotopic (exact) mass is 325 g/mol. The van der Waals surface area contributed by atoms with Gasteiger partial charge in [0.05, 0.1) is 12.6 Å². The summed E-state index contributed by atoms with van der Waals surface area (Å²) in [5, 5.41) is 6.18. The van der Waals surface area contributed by atoms with Crippen LogP contribution in [0, 0.1) is 0 Å². The van der Waals surface area contributed by atoms with Crippen LogP contribution >= 0.6 is 0 Å². The van der Waals surface area contributed by atoms with Crippen molar-refractivity contribution in [3.05, 3.63) is 47.8 Å². The van der Waals surface area contributed by atoms with Crippen LogP contribution in [0.4, 0.5) is 13.2 Å². The van der Waals surface area contributed by atoms with Gasteiger partial charge in [0.1, 0.15) is 12.3 Å². The van der Waals surface area contributed by atoms with Crippen molar-refractivity contribution in [1.29, 1.82) is 0 Å². The predicted molar refractivity (Wildman–Crippen MR) is 74.7 cm³/mol. The second kappa shape index (κ2) is 5.94. The van der Waals surface area contributed by atoms with Gasteiger partial charge in [0.15, 0.2) is 5.69 Å². The maximum Gasteiger partial charge on any atom is 0.435 e. The van der Waals surface area contributed by atoms with E-state index in [2.05, 4.69) is 10.4 Å². The number of nitrogens with one attached hydrogen (secondary N) is 1. The molecule has 0 radical (unpaired) electrons. The summed E-state index contributed by atoms with van der Waals surface area (Å²) in [4.78, 5) is 12.1. The van der Waals surface area contributed by atoms with Gasteiger partial charge < -0.3 is 10.1 Å². The number of para-hydroxylation sites is 1. The maximum atomic E-state index is 12.5. The van der Waals surface area contributed by atoms with Crippen LogP contribution in [0.1, 0.15) is 23.7 Å². The first-order valence-electron chi connectivity index (χ1n) is 7.05. The lowest BCUT2D eigenvalue weighted by Gasteiger charge is -2.26. The second-order valence-electron chi connectivity index (χ2n) is 5.19. The molecule has 1 aliphatic rings. The van der Waals surface area contributed by atoms with E-state index in [9.17, 15) is 18.0 Å². The molecule has 1 amide bonds. The van der Waals surface area contributed by atoms with Crippen molar-refractivity contribution in [1.82, 2.24) is 15.1 Å². The molecule has 1 unspecified atom stereocenters. The minimum absolute atomic E-state index is 0.218. The third-order valence-corrected chi connectivity index (χ3v) is 3.53. The van der Waals surface area contributed by atoms with Crippen molar-refractivity contribution in [3.63, 3.8) is 0 Å². The number of hydrogen-bond acceptors (Lipinski definition) is 3. The van der Waals surface area contributed by atoms with Crippen LogP contribution in [0.2, 0.25) is 0 Å². The van der Waals surface area contributed by atoms with Crippen LogP contribution in [-0.4, -0.2) is 22.3 Å². The third kappa shape index (κ3) is 3.46. The number of halogens is 3. The molecule has 0 bridgehead atoms. The lowest BCUT2D eigenvalue weighted by atomic mass is 10.0. The van der Waals surface area contributed by atoms with Crippen molar-refractivity contribution in [2.75, 3.05) is 6.61 Å². The lowest BCUT2D eigenvalue weighted by Crippen LogP contribution is -2.34. The predicted octanol–water partition coefficient (Wildman–Crippen LogP) is 2.54. The highest BCUT2D eigenvalue weighted by atomic mass is 19.4. The zero-order valence-corrected chi connectivity index (χ0v) is 12.0. The SMILES string of the molecule is O=C(Cn1ccc(C(F)(F)F)n1)NC1CCOc2ccccc21. The molecule has 1 aromatic heterocycles. The number of ether oxygens (including phenoxy) is 1. The van der Waals surface area contributed by atoms with Crippen LogP contribution < -0.4 is 10.1 Å². The molecule has 0 aliphatic carbocycles. The van der Waals surface area contributed by atoms with Gasteiger partial charge in [-0.25, -0.2) is 0 Å². The number of rotatable bonds is 3. The van der Waals surface area contributed by atoms with Crippen LogP contribution in [0.15, 0.2) is 36.5 Å². The first-order valence-corrected chi connectivity index (χ1v) is 7.05. The van der Waals surface area contributed by atoms with Gasteiger partial charge in [-0.3, -0.25) is 9.48 Å². The summed E-state index contributed by atoms with van der Waals surface area (Å²) >= 11 is 0. The molecule has 1 aliphatic heterocycles. The van der Waals surface area contributed by atoms with E-state index < -0.39 is 17.8 Å². The molecule has 1 aromatic carbocycles.